The summed E-state index contributed by atoms with van der Waals surface area (Å²) in [5.41, 5.74) is -1.01. The molecule has 1 aromatic heterocycles. The average molecular weight is 365 g/mol. The lowest BCUT2D eigenvalue weighted by atomic mass is 10.1. The number of aliphatic hydroxyl groups excluding tert-OH is 1. The average Bonchev–Trinajstić information content (AvgIpc) is 2.85. The van der Waals surface area contributed by atoms with Crippen LogP contribution < -0.4 is 0 Å². The molecule has 0 spiro atoms. The van der Waals surface area contributed by atoms with Gasteiger partial charge in [-0.05, 0) is 24.6 Å². The highest BCUT2D eigenvalue weighted by Crippen LogP contribution is 2.37. The molecular weight excluding hydrogens is 353 g/mol. The molecule has 0 saturated carbocycles. The maximum Gasteiger partial charge on any atom is 0.417 e. The standard InChI is InChI=1S/C13H12BrF3N2O2/c1-2-8(20)6-11-18-12(19-21-11)9-4-3-7(14)5-10(9)13(15,16)17/h3-5,8,20H,2,6H2,1H3. The zero-order valence-electron chi connectivity index (χ0n) is 11.0. The Labute approximate surface area is 127 Å². The summed E-state index contributed by atoms with van der Waals surface area (Å²) in [5.74, 6) is -0.0384. The molecule has 2 aromatic rings. The smallest absolute Gasteiger partial charge is 0.393 e. The van der Waals surface area contributed by atoms with Crippen molar-refractivity contribution >= 4 is 15.9 Å². The summed E-state index contributed by atoms with van der Waals surface area (Å²) in [6, 6.07) is 3.71. The monoisotopic (exact) mass is 364 g/mol. The molecule has 0 aliphatic carbocycles. The van der Waals surface area contributed by atoms with Crippen molar-refractivity contribution in [3.8, 4) is 11.4 Å². The molecule has 2 rings (SSSR count). The van der Waals surface area contributed by atoms with E-state index < -0.39 is 17.8 Å². The Kier molecular flexibility index (Phi) is 4.67. The van der Waals surface area contributed by atoms with E-state index in [1.807, 2.05) is 0 Å². The Balaban J connectivity index is 2.39. The normalized spacial score (nSPS) is 13.4. The van der Waals surface area contributed by atoms with Crippen LogP contribution in [-0.4, -0.2) is 21.4 Å². The largest absolute Gasteiger partial charge is 0.417 e. The Morgan fingerprint density at radius 1 is 1.38 bits per heavy atom. The summed E-state index contributed by atoms with van der Waals surface area (Å²) in [6.45, 7) is 1.78. The number of halogens is 4. The van der Waals surface area contributed by atoms with Crippen LogP contribution in [0.15, 0.2) is 27.2 Å². The minimum Gasteiger partial charge on any atom is -0.393 e. The van der Waals surface area contributed by atoms with E-state index in [9.17, 15) is 18.3 Å². The van der Waals surface area contributed by atoms with Gasteiger partial charge in [-0.1, -0.05) is 28.0 Å². The van der Waals surface area contributed by atoms with Gasteiger partial charge in [-0.3, -0.25) is 0 Å². The van der Waals surface area contributed by atoms with E-state index in [4.69, 9.17) is 4.52 Å². The number of alkyl halides is 3. The third-order valence-electron chi connectivity index (χ3n) is 2.88. The van der Waals surface area contributed by atoms with Crippen LogP contribution in [0.1, 0.15) is 24.8 Å². The molecule has 0 aliphatic rings. The van der Waals surface area contributed by atoms with E-state index in [0.717, 1.165) is 6.07 Å². The van der Waals surface area contributed by atoms with Crippen LogP contribution >= 0.6 is 15.9 Å². The van der Waals surface area contributed by atoms with Crippen LogP contribution in [0.4, 0.5) is 13.2 Å². The fraction of sp³-hybridized carbons (Fsp3) is 0.385. The topological polar surface area (TPSA) is 59.2 Å². The molecule has 1 N–H and O–H groups in total. The summed E-state index contributed by atoms with van der Waals surface area (Å²) in [5, 5.41) is 13.1. The van der Waals surface area contributed by atoms with Crippen molar-refractivity contribution in [2.24, 2.45) is 0 Å². The molecular formula is C13H12BrF3N2O2. The highest BCUT2D eigenvalue weighted by Gasteiger charge is 2.35. The van der Waals surface area contributed by atoms with E-state index >= 15 is 0 Å². The van der Waals surface area contributed by atoms with Gasteiger partial charge in [0.2, 0.25) is 11.7 Å². The van der Waals surface area contributed by atoms with Crippen LogP contribution in [0.3, 0.4) is 0 Å². The minimum atomic E-state index is -4.52. The van der Waals surface area contributed by atoms with Crippen molar-refractivity contribution in [1.29, 1.82) is 0 Å². The SMILES string of the molecule is CCC(O)Cc1nc(-c2ccc(Br)cc2C(F)(F)F)no1. The number of hydrogen-bond donors (Lipinski definition) is 1. The zero-order chi connectivity index (χ0) is 15.6. The van der Waals surface area contributed by atoms with Crippen molar-refractivity contribution in [2.75, 3.05) is 0 Å². The van der Waals surface area contributed by atoms with Crippen molar-refractivity contribution in [2.45, 2.75) is 32.0 Å². The lowest BCUT2D eigenvalue weighted by molar-refractivity contribution is -0.137. The van der Waals surface area contributed by atoms with E-state index in [1.165, 1.54) is 12.1 Å². The van der Waals surface area contributed by atoms with Crippen molar-refractivity contribution in [3.05, 3.63) is 34.1 Å². The van der Waals surface area contributed by atoms with E-state index in [-0.39, 0.29) is 23.7 Å². The van der Waals surface area contributed by atoms with Gasteiger partial charge in [0.1, 0.15) is 0 Å². The number of nitrogens with zero attached hydrogens (tertiary/aromatic N) is 2. The van der Waals surface area contributed by atoms with Gasteiger partial charge in [0.25, 0.3) is 0 Å². The zero-order valence-corrected chi connectivity index (χ0v) is 12.6. The van der Waals surface area contributed by atoms with Gasteiger partial charge in [0, 0.05) is 10.0 Å². The number of aromatic nitrogens is 2. The van der Waals surface area contributed by atoms with Crippen LogP contribution in [0.2, 0.25) is 0 Å². The first-order chi connectivity index (χ1) is 9.81. The van der Waals surface area contributed by atoms with E-state index in [2.05, 4.69) is 26.1 Å². The minimum absolute atomic E-state index is 0.107. The van der Waals surface area contributed by atoms with E-state index in [0.29, 0.717) is 10.9 Å². The van der Waals surface area contributed by atoms with Gasteiger partial charge in [0.05, 0.1) is 18.1 Å². The molecule has 1 aromatic carbocycles. The van der Waals surface area contributed by atoms with Crippen LogP contribution in [-0.2, 0) is 12.6 Å². The molecule has 8 heteroatoms. The van der Waals surface area contributed by atoms with Gasteiger partial charge in [0.15, 0.2) is 0 Å². The lowest BCUT2D eigenvalue weighted by Crippen LogP contribution is -2.09. The van der Waals surface area contributed by atoms with Crippen molar-refractivity contribution in [1.82, 2.24) is 10.1 Å². The third-order valence-corrected chi connectivity index (χ3v) is 3.37. The Bertz CT molecular complexity index is 628. The molecule has 1 atom stereocenters. The summed E-state index contributed by atoms with van der Waals surface area (Å²) in [4.78, 5) is 3.92. The first-order valence-electron chi connectivity index (χ1n) is 6.19. The Morgan fingerprint density at radius 3 is 2.71 bits per heavy atom. The molecule has 21 heavy (non-hydrogen) atoms. The molecule has 0 aliphatic heterocycles. The summed E-state index contributed by atoms with van der Waals surface area (Å²) in [7, 11) is 0. The number of aliphatic hydroxyl groups is 1. The van der Waals surface area contributed by atoms with Gasteiger partial charge in [-0.15, -0.1) is 0 Å². The maximum atomic E-state index is 13.0. The molecule has 0 bridgehead atoms. The van der Waals surface area contributed by atoms with Gasteiger partial charge in [-0.25, -0.2) is 0 Å². The molecule has 0 fully saturated rings. The lowest BCUT2D eigenvalue weighted by Gasteiger charge is -2.10. The quantitative estimate of drug-likeness (QED) is 0.895. The summed E-state index contributed by atoms with van der Waals surface area (Å²) in [6.07, 6.45) is -4.58. The molecule has 114 valence electrons. The number of hydrogen-bond acceptors (Lipinski definition) is 4. The first-order valence-corrected chi connectivity index (χ1v) is 6.98. The summed E-state index contributed by atoms with van der Waals surface area (Å²) >= 11 is 3.01. The predicted octanol–water partition coefficient (Wildman–Crippen LogP) is 3.83. The molecule has 0 saturated heterocycles. The molecule has 0 radical (unpaired) electrons. The molecule has 1 heterocycles. The van der Waals surface area contributed by atoms with Crippen molar-refractivity contribution < 1.29 is 22.8 Å². The second-order valence-corrected chi connectivity index (χ2v) is 5.38. The third kappa shape index (κ3) is 3.82. The van der Waals surface area contributed by atoms with Crippen molar-refractivity contribution in [3.63, 3.8) is 0 Å². The Hall–Kier alpha value is -1.41. The second-order valence-electron chi connectivity index (χ2n) is 4.47. The number of rotatable bonds is 4. The summed E-state index contributed by atoms with van der Waals surface area (Å²) < 4.78 is 44.3. The fourth-order valence-electron chi connectivity index (χ4n) is 1.74. The second kappa shape index (κ2) is 6.15. The fourth-order valence-corrected chi connectivity index (χ4v) is 2.10. The predicted molar refractivity (Wildman–Crippen MR) is 72.4 cm³/mol. The van der Waals surface area contributed by atoms with Crippen LogP contribution in [0.5, 0.6) is 0 Å². The highest BCUT2D eigenvalue weighted by molar-refractivity contribution is 9.10. The van der Waals surface area contributed by atoms with Gasteiger partial charge in [-0.2, -0.15) is 18.2 Å². The maximum absolute atomic E-state index is 13.0. The van der Waals surface area contributed by atoms with Gasteiger partial charge >= 0.3 is 6.18 Å². The van der Waals surface area contributed by atoms with Crippen LogP contribution in [0.25, 0.3) is 11.4 Å². The molecule has 0 amide bonds. The first kappa shape index (κ1) is 16.0. The highest BCUT2D eigenvalue weighted by atomic mass is 79.9. The molecule has 4 nitrogen and oxygen atoms in total. The van der Waals surface area contributed by atoms with E-state index in [1.54, 1.807) is 6.92 Å². The molecule has 1 unspecified atom stereocenters. The van der Waals surface area contributed by atoms with Gasteiger partial charge < -0.3 is 9.63 Å². The Morgan fingerprint density at radius 2 is 2.10 bits per heavy atom. The van der Waals surface area contributed by atoms with Crippen LogP contribution in [0, 0.1) is 0 Å². The number of benzene rings is 1.